The third-order valence-corrected chi connectivity index (χ3v) is 7.83. The molecular formula is C27H22BrN3O3. The number of hydrogen-bond donors (Lipinski definition) is 2. The van der Waals surface area contributed by atoms with Gasteiger partial charge in [0.2, 0.25) is 0 Å². The zero-order chi connectivity index (χ0) is 23.4. The van der Waals surface area contributed by atoms with Crippen LogP contribution in [0.3, 0.4) is 0 Å². The first-order chi connectivity index (χ1) is 16.5. The van der Waals surface area contributed by atoms with Gasteiger partial charge in [-0.1, -0.05) is 64.5 Å². The molecule has 0 saturated carbocycles. The summed E-state index contributed by atoms with van der Waals surface area (Å²) in [5, 5.41) is 10.7. The van der Waals surface area contributed by atoms with Crippen LogP contribution in [0.1, 0.15) is 42.1 Å². The molecule has 170 valence electrons. The lowest BCUT2D eigenvalue weighted by atomic mass is 9.80. The van der Waals surface area contributed by atoms with Gasteiger partial charge in [0.1, 0.15) is 11.4 Å². The van der Waals surface area contributed by atoms with Crippen molar-refractivity contribution in [3.63, 3.8) is 0 Å². The molecule has 1 atom stereocenters. The number of carboxylic acid groups (broad SMARTS) is 1. The van der Waals surface area contributed by atoms with Crippen molar-refractivity contribution in [3.05, 3.63) is 98.5 Å². The fourth-order valence-electron chi connectivity index (χ4n) is 5.86. The van der Waals surface area contributed by atoms with Crippen molar-refractivity contribution in [1.29, 1.82) is 0 Å². The van der Waals surface area contributed by atoms with Gasteiger partial charge in [-0.2, -0.15) is 0 Å². The van der Waals surface area contributed by atoms with Crippen molar-refractivity contribution >= 4 is 32.9 Å². The van der Waals surface area contributed by atoms with Crippen LogP contribution >= 0.6 is 15.9 Å². The second-order valence-electron chi connectivity index (χ2n) is 9.08. The van der Waals surface area contributed by atoms with Crippen LogP contribution in [0.5, 0.6) is 0 Å². The molecule has 1 aliphatic heterocycles. The Kier molecular flexibility index (Phi) is 4.85. The van der Waals surface area contributed by atoms with Gasteiger partial charge >= 0.3 is 6.09 Å². The number of aromatic nitrogens is 2. The van der Waals surface area contributed by atoms with E-state index in [9.17, 15) is 14.7 Å². The fourth-order valence-corrected chi connectivity index (χ4v) is 6.21. The summed E-state index contributed by atoms with van der Waals surface area (Å²) in [5.74, 6) is 0.417. The van der Waals surface area contributed by atoms with Crippen LogP contribution in [0.25, 0.3) is 22.0 Å². The first-order valence-electron chi connectivity index (χ1n) is 11.4. The number of rotatable bonds is 3. The molecule has 4 aromatic rings. The predicted molar refractivity (Wildman–Crippen MR) is 134 cm³/mol. The van der Waals surface area contributed by atoms with Gasteiger partial charge in [0.05, 0.1) is 10.9 Å². The Morgan fingerprint density at radius 3 is 2.44 bits per heavy atom. The molecule has 1 aliphatic carbocycles. The van der Waals surface area contributed by atoms with Crippen LogP contribution in [0.4, 0.5) is 4.79 Å². The molecule has 2 N–H and O–H groups in total. The maximum Gasteiger partial charge on any atom is 0.408 e. The second kappa shape index (κ2) is 7.81. The minimum absolute atomic E-state index is 0.00383. The Bertz CT molecular complexity index is 1470. The van der Waals surface area contributed by atoms with E-state index in [1.165, 1.54) is 27.2 Å². The van der Waals surface area contributed by atoms with E-state index in [1.54, 1.807) is 12.1 Å². The summed E-state index contributed by atoms with van der Waals surface area (Å²) in [6, 6.07) is 22.0. The fraction of sp³-hybridized carbons (Fsp3) is 0.222. The van der Waals surface area contributed by atoms with Crippen LogP contribution < -0.4 is 5.56 Å². The van der Waals surface area contributed by atoms with E-state index in [-0.39, 0.29) is 11.5 Å². The minimum Gasteiger partial charge on any atom is -0.465 e. The van der Waals surface area contributed by atoms with Gasteiger partial charge in [0.15, 0.2) is 0 Å². The third-order valence-electron chi connectivity index (χ3n) is 7.33. The highest BCUT2D eigenvalue weighted by Crippen LogP contribution is 2.52. The monoisotopic (exact) mass is 515 g/mol. The smallest absolute Gasteiger partial charge is 0.408 e. The molecule has 0 spiro atoms. The number of hydrogen-bond acceptors (Lipinski definition) is 3. The van der Waals surface area contributed by atoms with E-state index >= 15 is 0 Å². The molecule has 2 heterocycles. The van der Waals surface area contributed by atoms with E-state index in [1.807, 2.05) is 30.3 Å². The first kappa shape index (κ1) is 21.1. The minimum atomic E-state index is -0.992. The number of aromatic amines is 1. The largest absolute Gasteiger partial charge is 0.465 e. The number of nitrogens with one attached hydrogen (secondary N) is 1. The maximum absolute atomic E-state index is 13.0. The van der Waals surface area contributed by atoms with Gasteiger partial charge < -0.3 is 10.1 Å². The highest BCUT2D eigenvalue weighted by molar-refractivity contribution is 9.10. The SMILES string of the molecule is O=C(O)N1CCCC1(CC1c2ccccc2-c2ccccc21)c1nc2cc(Br)ccc2c(=O)[nH]1. The van der Waals surface area contributed by atoms with Gasteiger partial charge in [-0.3, -0.25) is 9.69 Å². The zero-order valence-corrected chi connectivity index (χ0v) is 19.9. The number of benzene rings is 3. The highest BCUT2D eigenvalue weighted by Gasteiger charge is 2.50. The molecule has 7 heteroatoms. The molecule has 6 nitrogen and oxygen atoms in total. The predicted octanol–water partition coefficient (Wildman–Crippen LogP) is 5.86. The molecular weight excluding hydrogens is 494 g/mol. The van der Waals surface area contributed by atoms with E-state index in [4.69, 9.17) is 4.98 Å². The van der Waals surface area contributed by atoms with Crippen LogP contribution in [0, 0.1) is 0 Å². The zero-order valence-electron chi connectivity index (χ0n) is 18.3. The Morgan fingerprint density at radius 2 is 1.76 bits per heavy atom. The number of amides is 1. The molecule has 1 aromatic heterocycles. The molecule has 0 radical (unpaired) electrons. The van der Waals surface area contributed by atoms with Crippen LogP contribution in [0.2, 0.25) is 0 Å². The summed E-state index contributed by atoms with van der Waals surface area (Å²) in [6.45, 7) is 0.408. The summed E-state index contributed by atoms with van der Waals surface area (Å²) in [5.41, 5.74) is 4.10. The van der Waals surface area contributed by atoms with Crippen molar-refractivity contribution in [1.82, 2.24) is 14.9 Å². The van der Waals surface area contributed by atoms with Crippen LogP contribution in [0.15, 0.2) is 76.0 Å². The Labute approximate surface area is 204 Å². The van der Waals surface area contributed by atoms with Crippen molar-refractivity contribution in [2.75, 3.05) is 6.54 Å². The quantitative estimate of drug-likeness (QED) is 0.357. The van der Waals surface area contributed by atoms with Crippen LogP contribution in [-0.4, -0.2) is 32.6 Å². The Hall–Kier alpha value is -3.45. The number of halogens is 1. The molecule has 1 fully saturated rings. The number of nitrogens with zero attached hydrogens (tertiary/aromatic N) is 2. The standard InChI is InChI=1S/C27H22BrN3O3/c28-16-10-11-21-23(14-16)29-25(30-24(21)32)27(12-5-13-31(27)26(33)34)15-22-19-8-3-1-6-17(19)18-7-2-4-9-20(18)22/h1-4,6-11,14,22H,5,12-13,15H2,(H,33,34)(H,29,30,32). The van der Waals surface area contributed by atoms with Crippen LogP contribution in [-0.2, 0) is 5.54 Å². The number of H-pyrrole nitrogens is 1. The van der Waals surface area contributed by atoms with Crippen molar-refractivity contribution < 1.29 is 9.90 Å². The highest BCUT2D eigenvalue weighted by atomic mass is 79.9. The van der Waals surface area contributed by atoms with Gasteiger partial charge in [-0.15, -0.1) is 0 Å². The molecule has 34 heavy (non-hydrogen) atoms. The molecule has 1 unspecified atom stereocenters. The third kappa shape index (κ3) is 3.10. The lowest BCUT2D eigenvalue weighted by Gasteiger charge is -2.38. The molecule has 6 rings (SSSR count). The van der Waals surface area contributed by atoms with Gasteiger partial charge in [-0.05, 0) is 59.7 Å². The topological polar surface area (TPSA) is 86.3 Å². The summed E-state index contributed by atoms with van der Waals surface area (Å²) >= 11 is 3.46. The molecule has 1 saturated heterocycles. The van der Waals surface area contributed by atoms with E-state index in [0.29, 0.717) is 42.5 Å². The second-order valence-corrected chi connectivity index (χ2v) is 9.99. The molecule has 1 amide bonds. The van der Waals surface area contributed by atoms with Crippen molar-refractivity contribution in [2.24, 2.45) is 0 Å². The molecule has 2 aliphatic rings. The van der Waals surface area contributed by atoms with Crippen molar-refractivity contribution in [2.45, 2.75) is 30.7 Å². The van der Waals surface area contributed by atoms with Gasteiger partial charge in [-0.25, -0.2) is 9.78 Å². The summed E-state index contributed by atoms with van der Waals surface area (Å²) < 4.78 is 0.818. The maximum atomic E-state index is 13.0. The van der Waals surface area contributed by atoms with Gasteiger partial charge in [0, 0.05) is 16.9 Å². The number of likely N-dealkylation sites (tertiary alicyclic amines) is 1. The molecule has 3 aromatic carbocycles. The molecule has 0 bridgehead atoms. The lowest BCUT2D eigenvalue weighted by molar-refractivity contribution is 0.0885. The summed E-state index contributed by atoms with van der Waals surface area (Å²) in [6.07, 6.45) is 0.829. The average molecular weight is 516 g/mol. The Morgan fingerprint density at radius 1 is 1.09 bits per heavy atom. The van der Waals surface area contributed by atoms with Gasteiger partial charge in [0.25, 0.3) is 5.56 Å². The van der Waals surface area contributed by atoms with E-state index in [0.717, 1.165) is 4.47 Å². The van der Waals surface area contributed by atoms with E-state index < -0.39 is 11.6 Å². The number of carbonyl (C=O) groups is 1. The lowest BCUT2D eigenvalue weighted by Crippen LogP contribution is -2.47. The Balaban J connectivity index is 1.56. The summed E-state index contributed by atoms with van der Waals surface area (Å²) in [7, 11) is 0. The van der Waals surface area contributed by atoms with E-state index in [2.05, 4.69) is 45.2 Å². The average Bonchev–Trinajstić information content (AvgIpc) is 3.40. The number of fused-ring (bicyclic) bond motifs is 4. The van der Waals surface area contributed by atoms with Crippen molar-refractivity contribution in [3.8, 4) is 11.1 Å². The normalized spacial score (nSPS) is 19.4. The summed E-state index contributed by atoms with van der Waals surface area (Å²) in [4.78, 5) is 34.8. The first-order valence-corrected chi connectivity index (χ1v) is 12.2.